The Morgan fingerprint density at radius 2 is 1.90 bits per heavy atom. The molecule has 1 aliphatic rings. The summed E-state index contributed by atoms with van der Waals surface area (Å²) in [6, 6.07) is 15.3. The fourth-order valence-electron chi connectivity index (χ4n) is 3.47. The van der Waals surface area contributed by atoms with Crippen molar-refractivity contribution >= 4 is 21.7 Å². The monoisotopic (exact) mass is 411 g/mol. The van der Waals surface area contributed by atoms with Gasteiger partial charge in [0, 0.05) is 12.5 Å². The molecule has 1 fully saturated rings. The number of nitrogens with zero attached hydrogens (tertiary/aromatic N) is 3. The molecule has 0 amide bonds. The molecule has 3 aromatic rings. The minimum Gasteiger partial charge on any atom is -0.478 e. The fraction of sp³-hybridized carbons (Fsp3) is 0.238. The Morgan fingerprint density at radius 3 is 2.52 bits per heavy atom. The van der Waals surface area contributed by atoms with E-state index in [-0.39, 0.29) is 22.9 Å². The summed E-state index contributed by atoms with van der Waals surface area (Å²) in [4.78, 5) is 11.8. The summed E-state index contributed by atoms with van der Waals surface area (Å²) in [6.45, 7) is 2.04. The molecule has 8 heteroatoms. The van der Waals surface area contributed by atoms with Crippen LogP contribution in [0.5, 0.6) is 0 Å². The molecule has 0 aliphatic heterocycles. The summed E-state index contributed by atoms with van der Waals surface area (Å²) in [5.41, 5.74) is 2.01. The van der Waals surface area contributed by atoms with Gasteiger partial charge in [0.15, 0.2) is 0 Å². The lowest BCUT2D eigenvalue weighted by Crippen LogP contribution is -2.30. The second kappa shape index (κ2) is 7.36. The predicted octanol–water partition coefficient (Wildman–Crippen LogP) is 3.66. The number of carboxylic acids is 1. The average Bonchev–Trinajstić information content (AvgIpc) is 3.46. The maximum atomic E-state index is 13.1. The Balaban J connectivity index is 1.77. The Hall–Kier alpha value is -3.13. The quantitative estimate of drug-likeness (QED) is 0.640. The molecule has 1 aliphatic carbocycles. The molecule has 7 nitrogen and oxygen atoms in total. The van der Waals surface area contributed by atoms with Gasteiger partial charge in [0.2, 0.25) is 0 Å². The van der Waals surface area contributed by atoms with Crippen LogP contribution in [0.3, 0.4) is 0 Å². The van der Waals surface area contributed by atoms with Crippen LogP contribution in [0, 0.1) is 0 Å². The molecule has 4 rings (SSSR count). The van der Waals surface area contributed by atoms with E-state index in [1.165, 1.54) is 10.5 Å². The largest absolute Gasteiger partial charge is 0.478 e. The Bertz CT molecular complexity index is 1150. The summed E-state index contributed by atoms with van der Waals surface area (Å²) in [7, 11) is -3.72. The zero-order valence-corrected chi connectivity index (χ0v) is 16.7. The molecule has 0 bridgehead atoms. The molecule has 1 saturated carbocycles. The molecule has 0 radical (unpaired) electrons. The summed E-state index contributed by atoms with van der Waals surface area (Å²) in [5, 5.41) is 13.8. The van der Waals surface area contributed by atoms with Gasteiger partial charge >= 0.3 is 5.97 Å². The molecule has 29 heavy (non-hydrogen) atoms. The lowest BCUT2D eigenvalue weighted by molar-refractivity contribution is 0.0695. The molecular weight excluding hydrogens is 390 g/mol. The van der Waals surface area contributed by atoms with Gasteiger partial charge in [-0.25, -0.2) is 17.9 Å². The van der Waals surface area contributed by atoms with Crippen LogP contribution in [-0.2, 0) is 10.0 Å². The predicted molar refractivity (Wildman–Crippen MR) is 109 cm³/mol. The highest BCUT2D eigenvalue weighted by atomic mass is 32.2. The highest BCUT2D eigenvalue weighted by Crippen LogP contribution is 2.42. The first-order chi connectivity index (χ1) is 13.9. The zero-order chi connectivity index (χ0) is 20.6. The first-order valence-corrected chi connectivity index (χ1v) is 10.9. The third-order valence-corrected chi connectivity index (χ3v) is 6.90. The first-order valence-electron chi connectivity index (χ1n) is 9.43. The number of carboxylic acid groups (broad SMARTS) is 1. The molecule has 1 N–H and O–H groups in total. The topological polar surface area (TPSA) is 92.5 Å². The lowest BCUT2D eigenvalue weighted by atomic mass is 10.1. The van der Waals surface area contributed by atoms with Crippen LogP contribution in [0.4, 0.5) is 5.69 Å². The van der Waals surface area contributed by atoms with Crippen LogP contribution >= 0.6 is 0 Å². The maximum Gasteiger partial charge on any atom is 0.339 e. The van der Waals surface area contributed by atoms with E-state index >= 15 is 0 Å². The third kappa shape index (κ3) is 3.51. The number of hydrogen-bond acceptors (Lipinski definition) is 4. The standard InChI is InChI=1S/C21H21N3O4S/c1-2-23(29(27,28)18-9-4-3-5-10-18)16-7-6-8-17(13-16)24-20(15-11-12-15)19(14-22-24)21(25)26/h3-10,13-15H,2,11-12H2,1H3,(H,25,26). The van der Waals surface area contributed by atoms with Crippen LogP contribution in [0.1, 0.15) is 41.7 Å². The molecular formula is C21H21N3O4S. The number of rotatable bonds is 7. The highest BCUT2D eigenvalue weighted by molar-refractivity contribution is 7.92. The number of hydrogen-bond donors (Lipinski definition) is 1. The molecule has 2 aromatic carbocycles. The van der Waals surface area contributed by atoms with Gasteiger partial charge in [-0.05, 0) is 50.1 Å². The summed E-state index contributed by atoms with van der Waals surface area (Å²) < 4.78 is 29.2. The van der Waals surface area contributed by atoms with Crippen LogP contribution in [0.2, 0.25) is 0 Å². The van der Waals surface area contributed by atoms with E-state index in [2.05, 4.69) is 5.10 Å². The second-order valence-electron chi connectivity index (χ2n) is 6.94. The van der Waals surface area contributed by atoms with Crippen molar-refractivity contribution in [2.45, 2.75) is 30.6 Å². The summed E-state index contributed by atoms with van der Waals surface area (Å²) in [6.07, 6.45) is 3.21. The normalized spacial score (nSPS) is 14.0. The molecule has 0 unspecified atom stereocenters. The van der Waals surface area contributed by atoms with Crippen molar-refractivity contribution in [3.05, 3.63) is 72.1 Å². The molecule has 0 atom stereocenters. The molecule has 1 heterocycles. The first kappa shape index (κ1) is 19.2. The van der Waals surface area contributed by atoms with Crippen LogP contribution in [0.15, 0.2) is 65.7 Å². The number of carbonyl (C=O) groups is 1. The van der Waals surface area contributed by atoms with Crippen molar-refractivity contribution in [2.75, 3.05) is 10.8 Å². The second-order valence-corrected chi connectivity index (χ2v) is 8.80. The minimum atomic E-state index is -3.72. The van der Waals surface area contributed by atoms with E-state index in [1.54, 1.807) is 66.2 Å². The number of benzene rings is 2. The maximum absolute atomic E-state index is 13.1. The third-order valence-electron chi connectivity index (χ3n) is 4.98. The summed E-state index contributed by atoms with van der Waals surface area (Å²) in [5.74, 6) is -0.835. The van der Waals surface area contributed by atoms with Gasteiger partial charge in [-0.15, -0.1) is 0 Å². The van der Waals surface area contributed by atoms with Gasteiger partial charge in [-0.1, -0.05) is 24.3 Å². The van der Waals surface area contributed by atoms with E-state index in [1.807, 2.05) is 0 Å². The molecule has 0 saturated heterocycles. The van der Waals surface area contributed by atoms with Crippen molar-refractivity contribution in [2.24, 2.45) is 0 Å². The smallest absolute Gasteiger partial charge is 0.339 e. The van der Waals surface area contributed by atoms with Gasteiger partial charge in [0.05, 0.1) is 28.2 Å². The van der Waals surface area contributed by atoms with E-state index in [0.717, 1.165) is 12.8 Å². The lowest BCUT2D eigenvalue weighted by Gasteiger charge is -2.23. The minimum absolute atomic E-state index is 0.169. The molecule has 0 spiro atoms. The van der Waals surface area contributed by atoms with Crippen molar-refractivity contribution in [3.8, 4) is 5.69 Å². The fourth-order valence-corrected chi connectivity index (χ4v) is 4.96. The van der Waals surface area contributed by atoms with Gasteiger partial charge in [0.1, 0.15) is 5.56 Å². The average molecular weight is 411 g/mol. The number of aromatic carboxylic acids is 1. The molecule has 1 aromatic heterocycles. The highest BCUT2D eigenvalue weighted by Gasteiger charge is 2.33. The van der Waals surface area contributed by atoms with Crippen molar-refractivity contribution in [3.63, 3.8) is 0 Å². The number of aromatic nitrogens is 2. The van der Waals surface area contributed by atoms with Crippen LogP contribution < -0.4 is 4.31 Å². The van der Waals surface area contributed by atoms with E-state index in [9.17, 15) is 18.3 Å². The van der Waals surface area contributed by atoms with E-state index in [4.69, 9.17) is 0 Å². The van der Waals surface area contributed by atoms with Crippen molar-refractivity contribution < 1.29 is 18.3 Å². The van der Waals surface area contributed by atoms with Gasteiger partial charge in [0.25, 0.3) is 10.0 Å². The Kier molecular flexibility index (Phi) is 4.87. The zero-order valence-electron chi connectivity index (χ0n) is 15.9. The van der Waals surface area contributed by atoms with Crippen LogP contribution in [0.25, 0.3) is 5.69 Å². The summed E-state index contributed by atoms with van der Waals surface area (Å²) >= 11 is 0. The van der Waals surface area contributed by atoms with Gasteiger partial charge in [-0.3, -0.25) is 4.31 Å². The number of sulfonamides is 1. The molecule has 150 valence electrons. The van der Waals surface area contributed by atoms with Crippen molar-refractivity contribution in [1.29, 1.82) is 0 Å². The Labute approximate surface area is 169 Å². The van der Waals surface area contributed by atoms with Gasteiger partial charge < -0.3 is 5.11 Å². The SMILES string of the molecule is CCN(c1cccc(-n2ncc(C(=O)O)c2C2CC2)c1)S(=O)(=O)c1ccccc1. The van der Waals surface area contributed by atoms with Gasteiger partial charge in [-0.2, -0.15) is 5.10 Å². The van der Waals surface area contributed by atoms with Crippen LogP contribution in [-0.4, -0.2) is 35.8 Å². The Morgan fingerprint density at radius 1 is 1.17 bits per heavy atom. The van der Waals surface area contributed by atoms with E-state index in [0.29, 0.717) is 17.1 Å². The van der Waals surface area contributed by atoms with E-state index < -0.39 is 16.0 Å². The number of anilines is 1. The van der Waals surface area contributed by atoms with Crippen molar-refractivity contribution in [1.82, 2.24) is 9.78 Å².